The largest absolute Gasteiger partial charge is 0.462 e. The van der Waals surface area contributed by atoms with E-state index in [4.69, 9.17) is 9.47 Å². The minimum absolute atomic E-state index is 0.643. The van der Waals surface area contributed by atoms with Gasteiger partial charge in [-0.1, -0.05) is 0 Å². The van der Waals surface area contributed by atoms with E-state index >= 15 is 0 Å². The first-order valence-corrected chi connectivity index (χ1v) is 7.71. The Bertz CT molecular complexity index is 838. The van der Waals surface area contributed by atoms with Crippen LogP contribution in [0, 0.1) is 6.92 Å². The van der Waals surface area contributed by atoms with Crippen molar-refractivity contribution in [2.24, 2.45) is 0 Å². The Labute approximate surface area is 123 Å². The summed E-state index contributed by atoms with van der Waals surface area (Å²) in [5.74, 6) is 1.37. The molecule has 0 bridgehead atoms. The van der Waals surface area contributed by atoms with Crippen molar-refractivity contribution < 1.29 is 9.47 Å². The Hall–Kier alpha value is -1.92. The van der Waals surface area contributed by atoms with Crippen molar-refractivity contribution in [2.45, 2.75) is 13.8 Å². The van der Waals surface area contributed by atoms with Gasteiger partial charge in [0.2, 0.25) is 0 Å². The highest BCUT2D eigenvalue weighted by Crippen LogP contribution is 2.33. The first-order chi connectivity index (χ1) is 9.69. The van der Waals surface area contributed by atoms with Crippen LogP contribution >= 0.6 is 22.7 Å². The van der Waals surface area contributed by atoms with E-state index in [-0.39, 0.29) is 0 Å². The molecule has 0 N–H and O–H groups in total. The van der Waals surface area contributed by atoms with Gasteiger partial charge in [0, 0.05) is 0 Å². The van der Waals surface area contributed by atoms with Crippen LogP contribution in [-0.2, 0) is 9.47 Å². The summed E-state index contributed by atoms with van der Waals surface area (Å²) in [7, 11) is 0. The summed E-state index contributed by atoms with van der Waals surface area (Å²) in [4.78, 5) is 9.13. The van der Waals surface area contributed by atoms with Crippen LogP contribution in [0.1, 0.15) is 16.9 Å². The minimum Gasteiger partial charge on any atom is -0.462 e. The van der Waals surface area contributed by atoms with E-state index in [9.17, 15) is 0 Å². The second kappa shape index (κ2) is 4.29. The third-order valence-electron chi connectivity index (χ3n) is 2.92. The van der Waals surface area contributed by atoms with Gasteiger partial charge in [0.05, 0.1) is 25.4 Å². The van der Waals surface area contributed by atoms with Gasteiger partial charge in [0.1, 0.15) is 18.3 Å². The lowest BCUT2D eigenvalue weighted by Crippen LogP contribution is -1.94. The van der Waals surface area contributed by atoms with E-state index in [0.717, 1.165) is 36.2 Å². The summed E-state index contributed by atoms with van der Waals surface area (Å²) in [6, 6.07) is 4.17. The van der Waals surface area contributed by atoms with E-state index in [2.05, 4.69) is 22.1 Å². The Balaban J connectivity index is 1.83. The Kier molecular flexibility index (Phi) is 2.55. The number of benzene rings is 1. The molecule has 0 radical (unpaired) electrons. The molecule has 1 aromatic carbocycles. The molecule has 20 heavy (non-hydrogen) atoms. The van der Waals surface area contributed by atoms with Gasteiger partial charge in [-0.15, -0.1) is 22.7 Å². The van der Waals surface area contributed by atoms with Crippen molar-refractivity contribution in [3.63, 3.8) is 0 Å². The molecule has 0 fully saturated rings. The number of rotatable bonds is 1. The van der Waals surface area contributed by atoms with E-state index in [1.165, 1.54) is 0 Å². The van der Waals surface area contributed by atoms with Gasteiger partial charge in [0.25, 0.3) is 0 Å². The first-order valence-electron chi connectivity index (χ1n) is 6.07. The average Bonchev–Trinajstić information content (AvgIpc) is 2.97. The Morgan fingerprint density at radius 2 is 1.65 bits per heavy atom. The lowest BCUT2D eigenvalue weighted by atomic mass is 10.3. The molecular formula is C14H10N2O2S2. The maximum Gasteiger partial charge on any atom is 0.197 e. The van der Waals surface area contributed by atoms with Gasteiger partial charge in [-0.25, -0.2) is 9.97 Å². The molecule has 0 saturated carbocycles. The fourth-order valence-electron chi connectivity index (χ4n) is 2.02. The fraction of sp³-hybridized carbons (Fsp3) is 0.143. The number of hydrogen-bond acceptors (Lipinski definition) is 6. The first kappa shape index (κ1) is 11.9. The molecule has 2 aromatic heterocycles. The third kappa shape index (κ3) is 1.88. The van der Waals surface area contributed by atoms with Crippen LogP contribution in [0.15, 0.2) is 30.4 Å². The van der Waals surface area contributed by atoms with Gasteiger partial charge in [-0.05, 0) is 26.0 Å². The lowest BCUT2D eigenvalue weighted by Gasteiger charge is -2.10. The molecule has 0 unspecified atom stereocenters. The quantitative estimate of drug-likeness (QED) is 0.667. The summed E-state index contributed by atoms with van der Waals surface area (Å²) >= 11 is 3.27. The Morgan fingerprint density at radius 3 is 2.40 bits per heavy atom. The molecule has 1 aliphatic rings. The third-order valence-corrected chi connectivity index (χ3v) is 4.89. The van der Waals surface area contributed by atoms with Gasteiger partial charge in [-0.3, -0.25) is 0 Å². The van der Waals surface area contributed by atoms with Crippen LogP contribution in [0.4, 0.5) is 0 Å². The number of ether oxygens (including phenoxy) is 2. The van der Waals surface area contributed by atoms with Gasteiger partial charge in [0.15, 0.2) is 10.8 Å². The average molecular weight is 302 g/mol. The SMILES string of the molecule is CC1=COC(c2nc3cc4sc(C)nc4cc3s2)=CO1. The second-order valence-electron chi connectivity index (χ2n) is 4.49. The second-order valence-corrected chi connectivity index (χ2v) is 6.75. The van der Waals surface area contributed by atoms with Crippen LogP contribution in [0.3, 0.4) is 0 Å². The maximum atomic E-state index is 5.51. The molecule has 4 nitrogen and oxygen atoms in total. The molecule has 0 atom stereocenters. The van der Waals surface area contributed by atoms with Gasteiger partial charge < -0.3 is 9.47 Å². The molecule has 0 spiro atoms. The van der Waals surface area contributed by atoms with Gasteiger partial charge in [-0.2, -0.15) is 0 Å². The monoisotopic (exact) mass is 302 g/mol. The molecule has 6 heteroatoms. The molecule has 4 rings (SSSR count). The number of allylic oxidation sites excluding steroid dienone is 1. The molecular weight excluding hydrogens is 292 g/mol. The van der Waals surface area contributed by atoms with Crippen molar-refractivity contribution in [1.82, 2.24) is 9.97 Å². The molecule has 1 aliphatic heterocycles. The predicted octanol–water partition coefficient (Wildman–Crippen LogP) is 4.42. The molecule has 0 saturated heterocycles. The number of aryl methyl sites for hydroxylation is 1. The van der Waals surface area contributed by atoms with E-state index in [1.54, 1.807) is 35.2 Å². The molecule has 0 amide bonds. The lowest BCUT2D eigenvalue weighted by molar-refractivity contribution is 0.276. The zero-order valence-corrected chi connectivity index (χ0v) is 12.5. The number of fused-ring (bicyclic) bond motifs is 2. The van der Waals surface area contributed by atoms with Crippen LogP contribution in [0.25, 0.3) is 26.2 Å². The molecule has 3 heterocycles. The zero-order valence-electron chi connectivity index (χ0n) is 10.8. The summed E-state index contributed by atoms with van der Waals surface area (Å²) in [5, 5.41) is 1.89. The highest BCUT2D eigenvalue weighted by molar-refractivity contribution is 7.20. The van der Waals surface area contributed by atoms with Crippen molar-refractivity contribution in [2.75, 3.05) is 0 Å². The van der Waals surface area contributed by atoms with Crippen LogP contribution in [-0.4, -0.2) is 9.97 Å². The summed E-state index contributed by atoms with van der Waals surface area (Å²) in [6.45, 7) is 3.86. The number of hydrogen-bond donors (Lipinski definition) is 0. The fourth-order valence-corrected chi connectivity index (χ4v) is 3.79. The standard InChI is InChI=1S/C14H10N2O2S2/c1-7-5-18-11(6-17-7)14-16-10-4-12-9(3-13(10)20-14)15-8(2)19-12/h3-6H,1-2H3. The topological polar surface area (TPSA) is 44.2 Å². The molecule has 100 valence electrons. The van der Waals surface area contributed by atoms with Crippen LogP contribution in [0.5, 0.6) is 0 Å². The van der Waals surface area contributed by atoms with Crippen molar-refractivity contribution in [3.05, 3.63) is 40.4 Å². The minimum atomic E-state index is 0.643. The van der Waals surface area contributed by atoms with Crippen molar-refractivity contribution >= 4 is 48.9 Å². The zero-order chi connectivity index (χ0) is 13.7. The number of thiazole rings is 2. The van der Waals surface area contributed by atoms with Crippen LogP contribution in [0.2, 0.25) is 0 Å². The van der Waals surface area contributed by atoms with E-state index < -0.39 is 0 Å². The summed E-state index contributed by atoms with van der Waals surface area (Å²) in [5.41, 5.74) is 2.00. The maximum absolute atomic E-state index is 5.51. The Morgan fingerprint density at radius 1 is 0.900 bits per heavy atom. The summed E-state index contributed by atoms with van der Waals surface area (Å²) < 4.78 is 13.1. The van der Waals surface area contributed by atoms with Crippen LogP contribution < -0.4 is 0 Å². The highest BCUT2D eigenvalue weighted by atomic mass is 32.1. The van der Waals surface area contributed by atoms with Gasteiger partial charge >= 0.3 is 0 Å². The van der Waals surface area contributed by atoms with E-state index in [0.29, 0.717) is 5.76 Å². The van der Waals surface area contributed by atoms with E-state index in [1.807, 2.05) is 13.8 Å². The van der Waals surface area contributed by atoms with Crippen molar-refractivity contribution in [1.29, 1.82) is 0 Å². The molecule has 0 aliphatic carbocycles. The smallest absolute Gasteiger partial charge is 0.197 e. The number of aromatic nitrogens is 2. The normalized spacial score (nSPS) is 14.9. The summed E-state index contributed by atoms with van der Waals surface area (Å²) in [6.07, 6.45) is 3.18. The highest BCUT2D eigenvalue weighted by Gasteiger charge is 2.14. The molecule has 3 aromatic rings. The number of nitrogens with zero attached hydrogens (tertiary/aromatic N) is 2. The van der Waals surface area contributed by atoms with Crippen molar-refractivity contribution in [3.8, 4) is 0 Å². The predicted molar refractivity (Wildman–Crippen MR) is 81.4 cm³/mol.